The maximum atomic E-state index is 9.49. The molecule has 0 heterocycles. The number of ether oxygens (including phenoxy) is 1. The van der Waals surface area contributed by atoms with Crippen molar-refractivity contribution in [3.63, 3.8) is 0 Å². The summed E-state index contributed by atoms with van der Waals surface area (Å²) in [5.74, 6) is 0. The van der Waals surface area contributed by atoms with Crippen molar-refractivity contribution in [3.05, 3.63) is 0 Å². The Morgan fingerprint density at radius 3 is 2.00 bits per heavy atom. The van der Waals surface area contributed by atoms with Crippen LogP contribution in [0.2, 0.25) is 0 Å². The second-order valence-corrected chi connectivity index (χ2v) is 6.09. The molecule has 0 spiro atoms. The molecular weight excluding hydrogens is 202 g/mol. The molecule has 16 heavy (non-hydrogen) atoms. The number of aliphatic hydroxyl groups is 1. The summed E-state index contributed by atoms with van der Waals surface area (Å²) in [5.41, 5.74) is -0.314. The maximum absolute atomic E-state index is 9.49. The molecule has 3 nitrogen and oxygen atoms in total. The van der Waals surface area contributed by atoms with Crippen molar-refractivity contribution in [2.24, 2.45) is 5.41 Å². The first kappa shape index (κ1) is 15.9. The Morgan fingerprint density at radius 1 is 1.12 bits per heavy atom. The van der Waals surface area contributed by atoms with Crippen molar-refractivity contribution < 1.29 is 9.84 Å². The number of nitrogens with one attached hydrogen (secondary N) is 1. The summed E-state index contributed by atoms with van der Waals surface area (Å²) in [6, 6.07) is 0.427. The van der Waals surface area contributed by atoms with Gasteiger partial charge in [0.1, 0.15) is 0 Å². The monoisotopic (exact) mass is 231 g/mol. The molecule has 0 aromatic rings. The summed E-state index contributed by atoms with van der Waals surface area (Å²) in [6.07, 6.45) is 0.442. The van der Waals surface area contributed by atoms with Gasteiger partial charge in [0.25, 0.3) is 0 Å². The molecule has 0 rings (SSSR count). The molecule has 1 atom stereocenters. The molecule has 0 fully saturated rings. The van der Waals surface area contributed by atoms with Crippen molar-refractivity contribution in [2.45, 2.75) is 72.6 Å². The average molecular weight is 231 g/mol. The molecule has 3 heteroatoms. The summed E-state index contributed by atoms with van der Waals surface area (Å²) in [4.78, 5) is 0. The maximum Gasteiger partial charge on any atom is 0.0974 e. The van der Waals surface area contributed by atoms with E-state index in [9.17, 15) is 5.11 Å². The lowest BCUT2D eigenvalue weighted by Crippen LogP contribution is -2.45. The number of hydrogen-bond donors (Lipinski definition) is 2. The zero-order valence-corrected chi connectivity index (χ0v) is 11.9. The highest BCUT2D eigenvalue weighted by atomic mass is 16.5. The first-order valence-electron chi connectivity index (χ1n) is 6.14. The molecule has 0 saturated heterocycles. The van der Waals surface area contributed by atoms with Gasteiger partial charge in [-0.25, -0.2) is 0 Å². The fourth-order valence-corrected chi connectivity index (χ4v) is 1.57. The molecule has 0 radical (unpaired) electrons. The van der Waals surface area contributed by atoms with Crippen molar-refractivity contribution in [1.29, 1.82) is 0 Å². The van der Waals surface area contributed by atoms with Gasteiger partial charge in [-0.15, -0.1) is 0 Å². The van der Waals surface area contributed by atoms with Crippen LogP contribution in [0.25, 0.3) is 0 Å². The Kier molecular flexibility index (Phi) is 5.94. The van der Waals surface area contributed by atoms with Crippen molar-refractivity contribution in [1.82, 2.24) is 5.32 Å². The van der Waals surface area contributed by atoms with E-state index in [2.05, 4.69) is 46.9 Å². The second-order valence-electron chi connectivity index (χ2n) is 6.09. The van der Waals surface area contributed by atoms with Crippen LogP contribution in [0, 0.1) is 5.41 Å². The summed E-state index contributed by atoms with van der Waals surface area (Å²) in [7, 11) is 0. The van der Waals surface area contributed by atoms with Crippen molar-refractivity contribution >= 4 is 0 Å². The van der Waals surface area contributed by atoms with Gasteiger partial charge in [-0.1, -0.05) is 13.8 Å². The van der Waals surface area contributed by atoms with E-state index < -0.39 is 0 Å². The van der Waals surface area contributed by atoms with E-state index in [1.165, 1.54) is 0 Å². The van der Waals surface area contributed by atoms with Gasteiger partial charge in [-0.3, -0.25) is 5.32 Å². The van der Waals surface area contributed by atoms with E-state index >= 15 is 0 Å². The quantitative estimate of drug-likeness (QED) is 0.662. The smallest absolute Gasteiger partial charge is 0.0974 e. The van der Waals surface area contributed by atoms with E-state index in [0.717, 1.165) is 6.42 Å². The number of rotatable bonds is 7. The molecule has 0 aromatic heterocycles. The van der Waals surface area contributed by atoms with Crippen LogP contribution in [0.3, 0.4) is 0 Å². The van der Waals surface area contributed by atoms with Crippen LogP contribution in [0.15, 0.2) is 0 Å². The summed E-state index contributed by atoms with van der Waals surface area (Å²) < 4.78 is 5.88. The SMILES string of the molecule is CC(O)CC(C)(C)C(C)(C)OCNC(C)C. The Bertz CT molecular complexity index is 198. The second kappa shape index (κ2) is 5.99. The van der Waals surface area contributed by atoms with Gasteiger partial charge in [-0.2, -0.15) is 0 Å². The van der Waals surface area contributed by atoms with E-state index in [-0.39, 0.29) is 17.1 Å². The number of hydrogen-bond acceptors (Lipinski definition) is 3. The van der Waals surface area contributed by atoms with Gasteiger partial charge < -0.3 is 9.84 Å². The van der Waals surface area contributed by atoms with E-state index in [1.54, 1.807) is 0 Å². The summed E-state index contributed by atoms with van der Waals surface area (Å²) >= 11 is 0. The first-order chi connectivity index (χ1) is 7.08. The normalized spacial score (nSPS) is 15.6. The molecule has 2 N–H and O–H groups in total. The van der Waals surface area contributed by atoms with Gasteiger partial charge in [0.2, 0.25) is 0 Å². The van der Waals surface area contributed by atoms with Crippen molar-refractivity contribution in [2.75, 3.05) is 6.73 Å². The lowest BCUT2D eigenvalue weighted by atomic mass is 9.73. The lowest BCUT2D eigenvalue weighted by molar-refractivity contribution is -0.117. The molecule has 1 unspecified atom stereocenters. The topological polar surface area (TPSA) is 41.5 Å². The van der Waals surface area contributed by atoms with E-state index in [0.29, 0.717) is 12.8 Å². The largest absolute Gasteiger partial charge is 0.393 e. The van der Waals surface area contributed by atoms with Gasteiger partial charge in [0.15, 0.2) is 0 Å². The Labute approximate surface area is 101 Å². The zero-order valence-electron chi connectivity index (χ0n) is 11.9. The molecule has 0 amide bonds. The highest BCUT2D eigenvalue weighted by Gasteiger charge is 2.38. The predicted octanol–water partition coefficient (Wildman–Crippen LogP) is 2.53. The van der Waals surface area contributed by atoms with Crippen LogP contribution in [0.5, 0.6) is 0 Å². The van der Waals surface area contributed by atoms with Crippen LogP contribution in [0.4, 0.5) is 0 Å². The van der Waals surface area contributed by atoms with E-state index in [4.69, 9.17) is 4.74 Å². The molecule has 0 aliphatic carbocycles. The lowest BCUT2D eigenvalue weighted by Gasteiger charge is -2.42. The number of aliphatic hydroxyl groups excluding tert-OH is 1. The minimum Gasteiger partial charge on any atom is -0.393 e. The minimum absolute atomic E-state index is 0.0557. The molecule has 0 saturated carbocycles. The van der Waals surface area contributed by atoms with Crippen LogP contribution in [0.1, 0.15) is 54.9 Å². The highest BCUT2D eigenvalue weighted by Crippen LogP contribution is 2.37. The molecule has 0 aromatic carbocycles. The zero-order chi connectivity index (χ0) is 13.0. The van der Waals surface area contributed by atoms with Gasteiger partial charge in [0.05, 0.1) is 18.4 Å². The summed E-state index contributed by atoms with van der Waals surface area (Å²) in [6.45, 7) is 15.0. The third-order valence-electron chi connectivity index (χ3n) is 3.36. The summed E-state index contributed by atoms with van der Waals surface area (Å²) in [5, 5.41) is 12.7. The van der Waals surface area contributed by atoms with Crippen LogP contribution >= 0.6 is 0 Å². The van der Waals surface area contributed by atoms with Gasteiger partial charge >= 0.3 is 0 Å². The molecule has 98 valence electrons. The van der Waals surface area contributed by atoms with E-state index in [1.807, 2.05) is 6.92 Å². The fraction of sp³-hybridized carbons (Fsp3) is 1.00. The molecule has 0 aliphatic rings. The average Bonchev–Trinajstić information content (AvgIpc) is 1.99. The van der Waals surface area contributed by atoms with Gasteiger partial charge in [-0.05, 0) is 46.5 Å². The highest BCUT2D eigenvalue weighted by molar-refractivity contribution is 4.88. The Hall–Kier alpha value is -0.120. The standard InChI is InChI=1S/C13H29NO2/c1-10(2)14-9-16-13(6,7)12(4,5)8-11(3)15/h10-11,14-15H,8-9H2,1-7H3. The third kappa shape index (κ3) is 5.28. The van der Waals surface area contributed by atoms with Crippen molar-refractivity contribution in [3.8, 4) is 0 Å². The van der Waals surface area contributed by atoms with Gasteiger partial charge in [0, 0.05) is 6.04 Å². The molecule has 0 bridgehead atoms. The minimum atomic E-state index is -0.295. The predicted molar refractivity (Wildman–Crippen MR) is 68.4 cm³/mol. The van der Waals surface area contributed by atoms with Crippen LogP contribution in [-0.4, -0.2) is 29.6 Å². The van der Waals surface area contributed by atoms with Crippen LogP contribution < -0.4 is 5.32 Å². The molecular formula is C13H29NO2. The first-order valence-corrected chi connectivity index (χ1v) is 6.14. The molecule has 0 aliphatic heterocycles. The van der Waals surface area contributed by atoms with Crippen LogP contribution in [-0.2, 0) is 4.74 Å². The fourth-order valence-electron chi connectivity index (χ4n) is 1.57. The Morgan fingerprint density at radius 2 is 1.62 bits per heavy atom. The third-order valence-corrected chi connectivity index (χ3v) is 3.36. The Balaban J connectivity index is 4.28.